The summed E-state index contributed by atoms with van der Waals surface area (Å²) in [7, 11) is 0. The molecule has 2 heterocycles. The van der Waals surface area contributed by atoms with E-state index in [9.17, 15) is 13.6 Å². The number of nitrogens with one attached hydrogen (secondary N) is 1. The minimum absolute atomic E-state index is 0.170. The topological polar surface area (TPSA) is 89.6 Å². The first-order valence-electron chi connectivity index (χ1n) is 8.60. The Hall–Kier alpha value is -2.77. The Labute approximate surface area is 148 Å². The summed E-state index contributed by atoms with van der Waals surface area (Å²) in [4.78, 5) is 19.7. The molecular formula is C18H19F2N5O. The van der Waals surface area contributed by atoms with Gasteiger partial charge in [-0.2, -0.15) is 5.10 Å². The monoisotopic (exact) mass is 359 g/mol. The summed E-state index contributed by atoms with van der Waals surface area (Å²) in [6.07, 6.45) is 2.13. The van der Waals surface area contributed by atoms with Gasteiger partial charge >= 0.3 is 0 Å². The van der Waals surface area contributed by atoms with Crippen molar-refractivity contribution in [1.29, 1.82) is 0 Å². The molecule has 3 N–H and O–H groups in total. The highest BCUT2D eigenvalue weighted by atomic mass is 19.3. The molecular weight excluding hydrogens is 340 g/mol. The van der Waals surface area contributed by atoms with E-state index in [4.69, 9.17) is 5.73 Å². The van der Waals surface area contributed by atoms with Crippen LogP contribution < -0.4 is 11.3 Å². The van der Waals surface area contributed by atoms with E-state index in [-0.39, 0.29) is 24.4 Å². The predicted octanol–water partition coefficient (Wildman–Crippen LogP) is 3.04. The van der Waals surface area contributed by atoms with Crippen molar-refractivity contribution >= 4 is 16.7 Å². The molecule has 3 aromatic rings. The van der Waals surface area contributed by atoms with E-state index in [0.717, 1.165) is 5.56 Å². The molecule has 0 unspecified atom stereocenters. The van der Waals surface area contributed by atoms with Gasteiger partial charge in [-0.1, -0.05) is 18.2 Å². The molecule has 136 valence electrons. The molecule has 1 aliphatic carbocycles. The molecule has 8 heteroatoms. The number of hydrogen-bond donors (Lipinski definition) is 2. The van der Waals surface area contributed by atoms with Crippen LogP contribution in [-0.4, -0.2) is 25.7 Å². The number of nitrogens with zero attached hydrogens (tertiary/aromatic N) is 3. The number of benzene rings is 1. The minimum atomic E-state index is -2.61. The van der Waals surface area contributed by atoms with Crippen LogP contribution in [0.3, 0.4) is 0 Å². The summed E-state index contributed by atoms with van der Waals surface area (Å²) in [6, 6.07) is 7.20. The second kappa shape index (κ2) is 6.19. The maximum atomic E-state index is 13.4. The molecule has 4 rings (SSSR count). The van der Waals surface area contributed by atoms with E-state index in [0.29, 0.717) is 41.8 Å². The first-order chi connectivity index (χ1) is 12.4. The average molecular weight is 359 g/mol. The summed E-state index contributed by atoms with van der Waals surface area (Å²) in [5.41, 5.74) is 7.60. The van der Waals surface area contributed by atoms with Crippen LogP contribution in [0.25, 0.3) is 11.0 Å². The van der Waals surface area contributed by atoms with Crippen LogP contribution in [-0.2, 0) is 6.42 Å². The molecule has 0 amide bonds. The summed E-state index contributed by atoms with van der Waals surface area (Å²) in [6.45, 7) is 0. The van der Waals surface area contributed by atoms with Gasteiger partial charge < -0.3 is 10.7 Å². The van der Waals surface area contributed by atoms with E-state index in [1.165, 1.54) is 6.20 Å². The van der Waals surface area contributed by atoms with Gasteiger partial charge in [0.1, 0.15) is 11.2 Å². The molecule has 1 aromatic carbocycles. The Morgan fingerprint density at radius 1 is 1.27 bits per heavy atom. The molecule has 0 radical (unpaired) electrons. The number of halogens is 2. The van der Waals surface area contributed by atoms with Crippen molar-refractivity contribution in [3.05, 3.63) is 52.2 Å². The lowest BCUT2D eigenvalue weighted by Crippen LogP contribution is -2.27. The number of fused-ring (bicyclic) bond motifs is 1. The van der Waals surface area contributed by atoms with Crippen molar-refractivity contribution in [2.75, 3.05) is 5.73 Å². The standard InChI is InChI=1S/C18H19F2N5O/c19-18(20)7-5-12(6-8-18)25-16-13(10-22-25)17(26)24-15(23-16)9-11-3-1-2-4-14(11)21/h1-4,10,12H,5-9,21H2,(H,23,24,26). The number of aromatic amines is 1. The lowest BCUT2D eigenvalue weighted by molar-refractivity contribution is -0.0446. The average Bonchev–Trinajstić information content (AvgIpc) is 3.01. The Bertz CT molecular complexity index is 1000. The Morgan fingerprint density at radius 3 is 2.73 bits per heavy atom. The van der Waals surface area contributed by atoms with Gasteiger partial charge in [0, 0.05) is 24.9 Å². The van der Waals surface area contributed by atoms with E-state index in [1.807, 2.05) is 18.2 Å². The van der Waals surface area contributed by atoms with Crippen molar-refractivity contribution < 1.29 is 8.78 Å². The van der Waals surface area contributed by atoms with Crippen molar-refractivity contribution in [3.63, 3.8) is 0 Å². The van der Waals surface area contributed by atoms with Crippen LogP contribution in [0.4, 0.5) is 14.5 Å². The fraction of sp³-hybridized carbons (Fsp3) is 0.389. The maximum absolute atomic E-state index is 13.4. The van der Waals surface area contributed by atoms with Crippen molar-refractivity contribution in [2.24, 2.45) is 0 Å². The van der Waals surface area contributed by atoms with Gasteiger partial charge in [0.2, 0.25) is 5.92 Å². The number of aromatic nitrogens is 4. The molecule has 0 spiro atoms. The SMILES string of the molecule is Nc1ccccc1Cc1nc2c(cnn2C2CCC(F)(F)CC2)c(=O)[nH]1. The number of H-pyrrole nitrogens is 1. The lowest BCUT2D eigenvalue weighted by atomic mass is 9.92. The van der Waals surface area contributed by atoms with Crippen LogP contribution in [0, 0.1) is 0 Å². The first kappa shape index (κ1) is 16.7. The Morgan fingerprint density at radius 2 is 2.00 bits per heavy atom. The van der Waals surface area contributed by atoms with E-state index >= 15 is 0 Å². The zero-order chi connectivity index (χ0) is 18.3. The zero-order valence-electron chi connectivity index (χ0n) is 14.1. The van der Waals surface area contributed by atoms with Gasteiger partial charge in [0.25, 0.3) is 5.56 Å². The number of nitrogen functional groups attached to an aromatic ring is 1. The molecule has 0 bridgehead atoms. The van der Waals surface area contributed by atoms with Crippen LogP contribution in [0.5, 0.6) is 0 Å². The lowest BCUT2D eigenvalue weighted by Gasteiger charge is -2.28. The molecule has 0 saturated heterocycles. The van der Waals surface area contributed by atoms with Gasteiger partial charge in [0.15, 0.2) is 5.65 Å². The second-order valence-electron chi connectivity index (χ2n) is 6.80. The van der Waals surface area contributed by atoms with Crippen molar-refractivity contribution in [3.8, 4) is 0 Å². The molecule has 1 fully saturated rings. The van der Waals surface area contributed by atoms with Crippen LogP contribution in [0.1, 0.15) is 43.1 Å². The van der Waals surface area contributed by atoms with Gasteiger partial charge in [-0.25, -0.2) is 18.4 Å². The second-order valence-corrected chi connectivity index (χ2v) is 6.80. The Kier molecular flexibility index (Phi) is 3.97. The highest BCUT2D eigenvalue weighted by Gasteiger charge is 2.36. The quantitative estimate of drug-likeness (QED) is 0.704. The minimum Gasteiger partial charge on any atom is -0.398 e. The van der Waals surface area contributed by atoms with Crippen LogP contribution in [0.2, 0.25) is 0 Å². The molecule has 2 aromatic heterocycles. The third-order valence-electron chi connectivity index (χ3n) is 4.96. The number of anilines is 1. The predicted molar refractivity (Wildman–Crippen MR) is 94.3 cm³/mol. The number of nitrogens with two attached hydrogens (primary N) is 1. The largest absolute Gasteiger partial charge is 0.398 e. The Balaban J connectivity index is 1.70. The van der Waals surface area contributed by atoms with Crippen LogP contribution >= 0.6 is 0 Å². The number of hydrogen-bond acceptors (Lipinski definition) is 4. The molecule has 26 heavy (non-hydrogen) atoms. The molecule has 6 nitrogen and oxygen atoms in total. The van der Waals surface area contributed by atoms with Gasteiger partial charge in [0.05, 0.1) is 12.2 Å². The molecule has 1 aliphatic rings. The van der Waals surface area contributed by atoms with Gasteiger partial charge in [-0.15, -0.1) is 0 Å². The highest BCUT2D eigenvalue weighted by Crippen LogP contribution is 2.38. The number of alkyl halides is 2. The number of para-hydroxylation sites is 1. The normalized spacial score (nSPS) is 17.6. The summed E-state index contributed by atoms with van der Waals surface area (Å²) < 4.78 is 28.5. The first-order valence-corrected chi connectivity index (χ1v) is 8.60. The maximum Gasteiger partial charge on any atom is 0.262 e. The molecule has 1 saturated carbocycles. The van der Waals surface area contributed by atoms with Crippen molar-refractivity contribution in [2.45, 2.75) is 44.1 Å². The van der Waals surface area contributed by atoms with Crippen LogP contribution in [0.15, 0.2) is 35.3 Å². The zero-order valence-corrected chi connectivity index (χ0v) is 14.1. The van der Waals surface area contributed by atoms with E-state index in [2.05, 4.69) is 15.1 Å². The van der Waals surface area contributed by atoms with Crippen molar-refractivity contribution in [1.82, 2.24) is 19.7 Å². The summed E-state index contributed by atoms with van der Waals surface area (Å²) in [5, 5.41) is 4.63. The highest BCUT2D eigenvalue weighted by molar-refractivity contribution is 5.73. The fourth-order valence-corrected chi connectivity index (χ4v) is 3.48. The molecule has 0 atom stereocenters. The fourth-order valence-electron chi connectivity index (χ4n) is 3.48. The van der Waals surface area contributed by atoms with Gasteiger partial charge in [-0.05, 0) is 24.5 Å². The third-order valence-corrected chi connectivity index (χ3v) is 4.96. The van der Waals surface area contributed by atoms with Gasteiger partial charge in [-0.3, -0.25) is 4.79 Å². The summed E-state index contributed by atoms with van der Waals surface area (Å²) in [5.74, 6) is -2.14. The number of rotatable bonds is 3. The van der Waals surface area contributed by atoms with E-state index < -0.39 is 5.92 Å². The molecule has 0 aliphatic heterocycles. The third kappa shape index (κ3) is 3.07. The summed E-state index contributed by atoms with van der Waals surface area (Å²) >= 11 is 0. The van der Waals surface area contributed by atoms with E-state index in [1.54, 1.807) is 10.7 Å². The smallest absolute Gasteiger partial charge is 0.262 e.